The van der Waals surface area contributed by atoms with Crippen molar-refractivity contribution >= 4 is 0 Å². The fourth-order valence-corrected chi connectivity index (χ4v) is 2.69. The Morgan fingerprint density at radius 3 is 1.86 bits per heavy atom. The summed E-state index contributed by atoms with van der Waals surface area (Å²) in [7, 11) is 0. The van der Waals surface area contributed by atoms with Gasteiger partial charge in [-0.05, 0) is 32.6 Å². The molecule has 21 heavy (non-hydrogen) atoms. The Bertz CT molecular complexity index is 586. The number of benzene rings is 1. The van der Waals surface area contributed by atoms with Gasteiger partial charge in [0, 0.05) is 11.1 Å². The smallest absolute Gasteiger partial charge is 0.232 e. The van der Waals surface area contributed by atoms with E-state index in [1.807, 2.05) is 0 Å². The van der Waals surface area contributed by atoms with Crippen molar-refractivity contribution in [3.8, 4) is 5.69 Å². The predicted octanol–water partition coefficient (Wildman–Crippen LogP) is 4.77. The van der Waals surface area contributed by atoms with E-state index in [0.717, 1.165) is 0 Å². The van der Waals surface area contributed by atoms with Gasteiger partial charge in [0.2, 0.25) is 6.33 Å². The lowest BCUT2D eigenvalue weighted by Gasteiger charge is -2.17. The van der Waals surface area contributed by atoms with Crippen LogP contribution in [0.25, 0.3) is 5.69 Å². The molecule has 2 nitrogen and oxygen atoms in total. The zero-order valence-electron chi connectivity index (χ0n) is 14.5. The maximum Gasteiger partial charge on any atom is 0.249 e. The van der Waals surface area contributed by atoms with Gasteiger partial charge in [-0.3, -0.25) is 0 Å². The SMILES string of the molecule is CC(C)c1cccc(C(C)C)c1-n1cc[n+](C(C)(C)C)c1. The second kappa shape index (κ2) is 5.67. The summed E-state index contributed by atoms with van der Waals surface area (Å²) in [5, 5.41) is 0. The molecule has 0 fully saturated rings. The van der Waals surface area contributed by atoms with Gasteiger partial charge in [-0.2, -0.15) is 0 Å². The molecule has 0 N–H and O–H groups in total. The van der Waals surface area contributed by atoms with Gasteiger partial charge in [-0.25, -0.2) is 9.13 Å². The van der Waals surface area contributed by atoms with Crippen molar-refractivity contribution in [2.24, 2.45) is 0 Å². The van der Waals surface area contributed by atoms with Crippen LogP contribution in [0.15, 0.2) is 36.9 Å². The highest BCUT2D eigenvalue weighted by atomic mass is 15.2. The first-order chi connectivity index (χ1) is 9.71. The summed E-state index contributed by atoms with van der Waals surface area (Å²) >= 11 is 0. The van der Waals surface area contributed by atoms with Gasteiger partial charge in [-0.1, -0.05) is 45.9 Å². The Morgan fingerprint density at radius 1 is 0.952 bits per heavy atom. The van der Waals surface area contributed by atoms with Crippen LogP contribution in [0.3, 0.4) is 0 Å². The van der Waals surface area contributed by atoms with Crippen LogP contribution in [0.4, 0.5) is 0 Å². The van der Waals surface area contributed by atoms with Crippen LogP contribution in [-0.4, -0.2) is 4.57 Å². The van der Waals surface area contributed by atoms with Crippen LogP contribution in [0.2, 0.25) is 0 Å². The second-order valence-electron chi connectivity index (χ2n) is 7.49. The molecule has 0 bridgehead atoms. The van der Waals surface area contributed by atoms with Crippen molar-refractivity contribution in [3.05, 3.63) is 48.0 Å². The van der Waals surface area contributed by atoms with Gasteiger partial charge >= 0.3 is 0 Å². The van der Waals surface area contributed by atoms with E-state index in [1.165, 1.54) is 16.8 Å². The third-order valence-corrected chi connectivity index (χ3v) is 4.01. The Hall–Kier alpha value is -1.57. The first-order valence-electron chi connectivity index (χ1n) is 7.94. The summed E-state index contributed by atoms with van der Waals surface area (Å²) in [6.07, 6.45) is 6.56. The fraction of sp³-hybridized carbons (Fsp3) is 0.526. The molecule has 1 aromatic heterocycles. The van der Waals surface area contributed by atoms with Gasteiger partial charge in [-0.15, -0.1) is 0 Å². The zero-order chi connectivity index (χ0) is 15.8. The third-order valence-electron chi connectivity index (χ3n) is 4.01. The van der Waals surface area contributed by atoms with Crippen LogP contribution >= 0.6 is 0 Å². The Balaban J connectivity index is 2.64. The topological polar surface area (TPSA) is 8.81 Å². The molecule has 0 aliphatic carbocycles. The minimum atomic E-state index is 0.107. The minimum Gasteiger partial charge on any atom is -0.232 e. The van der Waals surface area contributed by atoms with E-state index >= 15 is 0 Å². The molecule has 0 atom stereocenters. The molecule has 0 saturated heterocycles. The van der Waals surface area contributed by atoms with Crippen molar-refractivity contribution in [3.63, 3.8) is 0 Å². The van der Waals surface area contributed by atoms with Crippen molar-refractivity contribution in [2.45, 2.75) is 65.8 Å². The van der Waals surface area contributed by atoms with Gasteiger partial charge in [0.25, 0.3) is 0 Å². The lowest BCUT2D eigenvalue weighted by molar-refractivity contribution is -0.753. The van der Waals surface area contributed by atoms with E-state index in [9.17, 15) is 0 Å². The molecule has 0 spiro atoms. The van der Waals surface area contributed by atoms with E-state index in [2.05, 4.69) is 94.5 Å². The van der Waals surface area contributed by atoms with Gasteiger partial charge < -0.3 is 0 Å². The number of hydrogen-bond acceptors (Lipinski definition) is 0. The Morgan fingerprint density at radius 2 is 1.48 bits per heavy atom. The second-order valence-corrected chi connectivity index (χ2v) is 7.49. The summed E-state index contributed by atoms with van der Waals surface area (Å²) in [5.74, 6) is 1.04. The van der Waals surface area contributed by atoms with Gasteiger partial charge in [0.1, 0.15) is 23.6 Å². The first kappa shape index (κ1) is 15.8. The molecule has 114 valence electrons. The zero-order valence-corrected chi connectivity index (χ0v) is 14.5. The van der Waals surface area contributed by atoms with Crippen molar-refractivity contribution in [1.29, 1.82) is 0 Å². The summed E-state index contributed by atoms with van der Waals surface area (Å²) < 4.78 is 4.56. The molecule has 0 aliphatic heterocycles. The lowest BCUT2D eigenvalue weighted by atomic mass is 9.92. The fourth-order valence-electron chi connectivity index (χ4n) is 2.69. The molecule has 0 radical (unpaired) electrons. The minimum absolute atomic E-state index is 0.107. The van der Waals surface area contributed by atoms with E-state index in [0.29, 0.717) is 11.8 Å². The molecule has 1 aromatic carbocycles. The normalized spacial score (nSPS) is 12.4. The third kappa shape index (κ3) is 3.20. The summed E-state index contributed by atoms with van der Waals surface area (Å²) in [6, 6.07) is 6.70. The maximum atomic E-state index is 2.29. The van der Waals surface area contributed by atoms with Crippen LogP contribution in [0, 0.1) is 0 Å². The highest BCUT2D eigenvalue weighted by Gasteiger charge is 2.23. The highest BCUT2D eigenvalue weighted by Crippen LogP contribution is 2.30. The van der Waals surface area contributed by atoms with E-state index in [4.69, 9.17) is 0 Å². The molecule has 0 unspecified atom stereocenters. The molecule has 1 heterocycles. The molecule has 0 amide bonds. The molecular weight excluding hydrogens is 256 g/mol. The molecule has 0 saturated carbocycles. The molecular formula is C19H29N2+. The van der Waals surface area contributed by atoms with E-state index in [1.54, 1.807) is 0 Å². The molecule has 2 aromatic rings. The standard InChI is InChI=1S/C19H29N2/c1-14(2)16-9-8-10-17(15(3)4)18(16)20-11-12-21(13-20)19(5,6)7/h8-15H,1-7H3/q+1. The number of aromatic nitrogens is 2. The van der Waals surface area contributed by atoms with Gasteiger partial charge in [0.05, 0.1) is 0 Å². The predicted molar refractivity (Wildman–Crippen MR) is 89.1 cm³/mol. The quantitative estimate of drug-likeness (QED) is 0.719. The monoisotopic (exact) mass is 285 g/mol. The van der Waals surface area contributed by atoms with Crippen molar-refractivity contribution < 1.29 is 4.57 Å². The average Bonchev–Trinajstić information content (AvgIpc) is 2.86. The van der Waals surface area contributed by atoms with Crippen molar-refractivity contribution in [1.82, 2.24) is 4.57 Å². The van der Waals surface area contributed by atoms with Crippen LogP contribution < -0.4 is 4.57 Å². The largest absolute Gasteiger partial charge is 0.249 e. The maximum absolute atomic E-state index is 2.29. The number of para-hydroxylation sites is 1. The van der Waals surface area contributed by atoms with E-state index in [-0.39, 0.29) is 5.54 Å². The Labute approximate surface area is 129 Å². The number of imidazole rings is 1. The number of hydrogen-bond donors (Lipinski definition) is 0. The van der Waals surface area contributed by atoms with Crippen LogP contribution in [0.5, 0.6) is 0 Å². The molecule has 2 rings (SSSR count). The average molecular weight is 285 g/mol. The number of nitrogens with zero attached hydrogens (tertiary/aromatic N) is 2. The summed E-state index contributed by atoms with van der Waals surface area (Å²) in [4.78, 5) is 0. The van der Waals surface area contributed by atoms with Crippen LogP contribution in [-0.2, 0) is 5.54 Å². The van der Waals surface area contributed by atoms with Crippen LogP contribution in [0.1, 0.15) is 71.4 Å². The number of rotatable bonds is 3. The van der Waals surface area contributed by atoms with E-state index < -0.39 is 0 Å². The van der Waals surface area contributed by atoms with Crippen molar-refractivity contribution in [2.75, 3.05) is 0 Å². The Kier molecular flexibility index (Phi) is 4.27. The summed E-state index contributed by atoms with van der Waals surface area (Å²) in [5.41, 5.74) is 4.29. The highest BCUT2D eigenvalue weighted by molar-refractivity contribution is 5.50. The molecule has 2 heteroatoms. The lowest BCUT2D eigenvalue weighted by Crippen LogP contribution is -2.48. The van der Waals surface area contributed by atoms with Gasteiger partial charge in [0.15, 0.2) is 0 Å². The summed E-state index contributed by atoms with van der Waals surface area (Å²) in [6.45, 7) is 15.8. The first-order valence-corrected chi connectivity index (χ1v) is 7.94. The molecule has 0 aliphatic rings.